The Kier molecular flexibility index (Phi) is 4.71. The predicted octanol–water partition coefficient (Wildman–Crippen LogP) is 3.74. The first-order chi connectivity index (χ1) is 10.7. The fourth-order valence-corrected chi connectivity index (χ4v) is 3.83. The molecule has 120 valence electrons. The van der Waals surface area contributed by atoms with Crippen LogP contribution in [-0.4, -0.2) is 44.3 Å². The summed E-state index contributed by atoms with van der Waals surface area (Å²) in [5, 5.41) is 2.95. The minimum atomic E-state index is -0.230. The van der Waals surface area contributed by atoms with E-state index in [-0.39, 0.29) is 6.67 Å². The summed E-state index contributed by atoms with van der Waals surface area (Å²) >= 11 is 0. The van der Waals surface area contributed by atoms with Gasteiger partial charge in [-0.3, -0.25) is 0 Å². The largest absolute Gasteiger partial charge is 0.371 e. The molecule has 0 saturated carbocycles. The van der Waals surface area contributed by atoms with E-state index in [1.165, 1.54) is 31.4 Å². The fraction of sp³-hybridized carbons (Fsp3) is 0.647. The van der Waals surface area contributed by atoms with Crippen molar-refractivity contribution in [3.63, 3.8) is 0 Å². The quantitative estimate of drug-likeness (QED) is 0.795. The van der Waals surface area contributed by atoms with Crippen LogP contribution in [0.5, 0.6) is 0 Å². The molecule has 4 nitrogen and oxygen atoms in total. The lowest BCUT2D eigenvalue weighted by Gasteiger charge is -2.47. The molecule has 2 fully saturated rings. The van der Waals surface area contributed by atoms with Gasteiger partial charge in [0, 0.05) is 25.3 Å². The van der Waals surface area contributed by atoms with E-state index in [1.807, 2.05) is 12.1 Å². The molecule has 2 aliphatic heterocycles. The van der Waals surface area contributed by atoms with Crippen LogP contribution in [0, 0.1) is 10.3 Å². The molecule has 2 aliphatic rings. The molecule has 3 rings (SSSR count). The summed E-state index contributed by atoms with van der Waals surface area (Å²) in [6.45, 7) is 4.59. The van der Waals surface area contributed by atoms with Crippen molar-refractivity contribution in [2.45, 2.75) is 25.7 Å². The van der Waals surface area contributed by atoms with Crippen molar-refractivity contribution in [1.29, 1.82) is 0 Å². The van der Waals surface area contributed by atoms with Gasteiger partial charge in [0.05, 0.1) is 0 Å². The van der Waals surface area contributed by atoms with E-state index in [4.69, 9.17) is 0 Å². The monoisotopic (exact) mass is 305 g/mol. The number of hydrogen-bond acceptors (Lipinski definition) is 4. The van der Waals surface area contributed by atoms with Gasteiger partial charge in [-0.05, 0) is 73.6 Å². The highest BCUT2D eigenvalue weighted by Gasteiger charge is 2.37. The number of nitrogens with zero attached hydrogens (tertiary/aromatic N) is 3. The normalized spacial score (nSPS) is 22.0. The van der Waals surface area contributed by atoms with Crippen LogP contribution >= 0.6 is 0 Å². The van der Waals surface area contributed by atoms with Crippen LogP contribution in [0.15, 0.2) is 29.4 Å². The van der Waals surface area contributed by atoms with Crippen molar-refractivity contribution in [3.8, 4) is 0 Å². The minimum absolute atomic E-state index is 0.230. The summed E-state index contributed by atoms with van der Waals surface area (Å²) in [7, 11) is 0. The average molecular weight is 305 g/mol. The molecule has 5 heteroatoms. The molecule has 0 radical (unpaired) electrons. The van der Waals surface area contributed by atoms with E-state index >= 15 is 0 Å². The lowest BCUT2D eigenvalue weighted by atomic mass is 9.71. The second-order valence-corrected chi connectivity index (χ2v) is 6.63. The molecule has 0 unspecified atom stereocenters. The second-order valence-electron chi connectivity index (χ2n) is 6.63. The van der Waals surface area contributed by atoms with Crippen LogP contribution in [0.1, 0.15) is 25.7 Å². The SMILES string of the molecule is O=Nc1ccc(N2CCC3(CCN(CCF)CC3)CC2)cc1. The van der Waals surface area contributed by atoms with Crippen LogP contribution < -0.4 is 4.90 Å². The van der Waals surface area contributed by atoms with E-state index in [1.54, 1.807) is 12.1 Å². The Labute approximate surface area is 131 Å². The number of benzene rings is 1. The van der Waals surface area contributed by atoms with Gasteiger partial charge >= 0.3 is 0 Å². The first kappa shape index (κ1) is 15.4. The highest BCUT2D eigenvalue weighted by Crippen LogP contribution is 2.42. The maximum Gasteiger partial charge on any atom is 0.108 e. The molecule has 0 amide bonds. The van der Waals surface area contributed by atoms with Crippen molar-refractivity contribution in [2.24, 2.45) is 10.6 Å². The summed E-state index contributed by atoms with van der Waals surface area (Å²) in [6.07, 6.45) is 4.83. The van der Waals surface area contributed by atoms with E-state index in [0.717, 1.165) is 26.2 Å². The summed E-state index contributed by atoms with van der Waals surface area (Å²) in [5.41, 5.74) is 2.13. The summed E-state index contributed by atoms with van der Waals surface area (Å²) in [4.78, 5) is 15.1. The smallest absolute Gasteiger partial charge is 0.108 e. The predicted molar refractivity (Wildman–Crippen MR) is 87.4 cm³/mol. The van der Waals surface area contributed by atoms with Crippen LogP contribution in [0.25, 0.3) is 0 Å². The Morgan fingerprint density at radius 1 is 1.00 bits per heavy atom. The third-order valence-corrected chi connectivity index (χ3v) is 5.46. The number of piperidine rings is 2. The van der Waals surface area contributed by atoms with Crippen LogP contribution in [0.4, 0.5) is 15.8 Å². The Balaban J connectivity index is 1.55. The molecule has 0 aromatic heterocycles. The van der Waals surface area contributed by atoms with Crippen molar-refractivity contribution in [3.05, 3.63) is 29.2 Å². The minimum Gasteiger partial charge on any atom is -0.371 e. The molecule has 2 saturated heterocycles. The van der Waals surface area contributed by atoms with Gasteiger partial charge in [-0.25, -0.2) is 4.39 Å². The highest BCUT2D eigenvalue weighted by atomic mass is 19.1. The molecule has 22 heavy (non-hydrogen) atoms. The highest BCUT2D eigenvalue weighted by molar-refractivity contribution is 5.53. The van der Waals surface area contributed by atoms with Crippen molar-refractivity contribution in [1.82, 2.24) is 4.90 Å². The number of likely N-dealkylation sites (tertiary alicyclic amines) is 1. The van der Waals surface area contributed by atoms with Crippen molar-refractivity contribution in [2.75, 3.05) is 44.3 Å². The first-order valence-electron chi connectivity index (χ1n) is 8.21. The lowest BCUT2D eigenvalue weighted by Crippen LogP contribution is -2.47. The van der Waals surface area contributed by atoms with Crippen LogP contribution in [0.3, 0.4) is 0 Å². The van der Waals surface area contributed by atoms with E-state index in [2.05, 4.69) is 15.0 Å². The van der Waals surface area contributed by atoms with Gasteiger partial charge in [-0.1, -0.05) is 0 Å². The Hall–Kier alpha value is -1.49. The van der Waals surface area contributed by atoms with Crippen molar-refractivity contribution < 1.29 is 4.39 Å². The zero-order chi connectivity index (χ0) is 15.4. The van der Waals surface area contributed by atoms with Crippen LogP contribution in [-0.2, 0) is 0 Å². The number of hydrogen-bond donors (Lipinski definition) is 0. The Morgan fingerprint density at radius 2 is 1.59 bits per heavy atom. The van der Waals surface area contributed by atoms with Gasteiger partial charge < -0.3 is 9.80 Å². The van der Waals surface area contributed by atoms with Crippen LogP contribution in [0.2, 0.25) is 0 Å². The molecule has 1 aromatic rings. The van der Waals surface area contributed by atoms with Gasteiger partial charge in [-0.2, -0.15) is 0 Å². The zero-order valence-electron chi connectivity index (χ0n) is 13.0. The number of anilines is 1. The van der Waals surface area contributed by atoms with E-state index < -0.39 is 0 Å². The Morgan fingerprint density at radius 3 is 2.14 bits per heavy atom. The molecule has 0 aliphatic carbocycles. The molecular formula is C17H24FN3O. The standard InChI is InChI=1S/C17H24FN3O/c18-9-14-20-10-5-17(6-11-20)7-12-21(13-8-17)16-3-1-15(19-22)2-4-16/h1-4H,5-14H2. The van der Waals surface area contributed by atoms with Gasteiger partial charge in [0.25, 0.3) is 0 Å². The number of alkyl halides is 1. The Bertz CT molecular complexity index is 487. The number of nitroso groups, excluding NO2 is 1. The molecule has 1 spiro atoms. The molecule has 0 bridgehead atoms. The maximum atomic E-state index is 12.4. The molecule has 0 atom stereocenters. The molecular weight excluding hydrogens is 281 g/mol. The van der Waals surface area contributed by atoms with Gasteiger partial charge in [0.1, 0.15) is 12.4 Å². The lowest BCUT2D eigenvalue weighted by molar-refractivity contribution is 0.0764. The van der Waals surface area contributed by atoms with Gasteiger partial charge in [-0.15, -0.1) is 4.91 Å². The first-order valence-corrected chi connectivity index (χ1v) is 8.21. The third-order valence-electron chi connectivity index (χ3n) is 5.46. The fourth-order valence-electron chi connectivity index (χ4n) is 3.83. The van der Waals surface area contributed by atoms with Gasteiger partial charge in [0.15, 0.2) is 0 Å². The summed E-state index contributed by atoms with van der Waals surface area (Å²) < 4.78 is 12.4. The zero-order valence-corrected chi connectivity index (χ0v) is 13.0. The summed E-state index contributed by atoms with van der Waals surface area (Å²) in [6, 6.07) is 7.53. The third kappa shape index (κ3) is 3.29. The molecule has 1 aromatic carbocycles. The second kappa shape index (κ2) is 6.73. The molecule has 2 heterocycles. The number of rotatable bonds is 4. The van der Waals surface area contributed by atoms with Gasteiger partial charge in [0.2, 0.25) is 0 Å². The molecule has 0 N–H and O–H groups in total. The van der Waals surface area contributed by atoms with E-state index in [9.17, 15) is 9.30 Å². The topological polar surface area (TPSA) is 35.9 Å². The van der Waals surface area contributed by atoms with Crippen molar-refractivity contribution >= 4 is 11.4 Å². The number of halogens is 1. The van der Waals surface area contributed by atoms with E-state index in [0.29, 0.717) is 17.6 Å². The average Bonchev–Trinajstić information content (AvgIpc) is 2.58. The summed E-state index contributed by atoms with van der Waals surface area (Å²) in [5.74, 6) is 0. The maximum absolute atomic E-state index is 12.4.